The van der Waals surface area contributed by atoms with Gasteiger partial charge in [0.05, 0.1) is 0 Å². The molecule has 0 bridgehead atoms. The summed E-state index contributed by atoms with van der Waals surface area (Å²) in [5, 5.41) is 3.29. The quantitative estimate of drug-likeness (QED) is 0.148. The van der Waals surface area contributed by atoms with Crippen LogP contribution in [0.15, 0.2) is 115 Å². The number of rotatable bonds is 7. The summed E-state index contributed by atoms with van der Waals surface area (Å²) in [4.78, 5) is 0. The van der Waals surface area contributed by atoms with Crippen LogP contribution in [0.3, 0.4) is 0 Å². The molecule has 0 unspecified atom stereocenters. The van der Waals surface area contributed by atoms with Crippen molar-refractivity contribution in [1.29, 1.82) is 0 Å². The summed E-state index contributed by atoms with van der Waals surface area (Å²) in [6, 6.07) is 44.7. The third-order valence-electron chi connectivity index (χ3n) is 15.0. The van der Waals surface area contributed by atoms with Crippen LogP contribution in [0.2, 0.25) is 0 Å². The van der Waals surface area contributed by atoms with E-state index in [0.29, 0.717) is 0 Å². The van der Waals surface area contributed by atoms with Crippen LogP contribution in [0.25, 0.3) is 22.3 Å². The van der Waals surface area contributed by atoms with Gasteiger partial charge in [-0.2, -0.15) is 0 Å². The molecule has 0 heterocycles. The number of hydrogen-bond donors (Lipinski definition) is 0. The zero-order valence-corrected chi connectivity index (χ0v) is 49.6. The Labute approximate surface area is 432 Å². The fourth-order valence-electron chi connectivity index (χ4n) is 10.6. The van der Waals surface area contributed by atoms with Crippen LogP contribution < -0.4 is 25.0 Å². The van der Waals surface area contributed by atoms with Crippen LogP contribution in [-0.2, 0) is 43.3 Å². The molecule has 0 aliphatic heterocycles. The van der Waals surface area contributed by atoms with Crippen molar-refractivity contribution in [1.82, 2.24) is 0 Å². The van der Waals surface area contributed by atoms with Gasteiger partial charge >= 0.3 is 435 Å². The minimum absolute atomic E-state index is 0.0899. The van der Waals surface area contributed by atoms with E-state index in [1.807, 2.05) is 0 Å². The monoisotopic (exact) mass is 971 g/mol. The molecule has 0 amide bonds. The van der Waals surface area contributed by atoms with Gasteiger partial charge in [-0.15, -0.1) is 0 Å². The first-order valence-electron chi connectivity index (χ1n) is 26.5. The number of benzene rings is 6. The van der Waals surface area contributed by atoms with Crippen molar-refractivity contribution >= 4 is 23.0 Å². The van der Waals surface area contributed by atoms with Crippen LogP contribution >= 0.6 is 7.06 Å². The first-order chi connectivity index (χ1) is 32.2. The van der Waals surface area contributed by atoms with Gasteiger partial charge in [-0.25, -0.2) is 0 Å². The summed E-state index contributed by atoms with van der Waals surface area (Å²) in [6.45, 7) is 56.2. The molecule has 0 spiro atoms. The average molecular weight is 971 g/mol. The zero-order chi connectivity index (χ0) is 53.1. The van der Waals surface area contributed by atoms with E-state index in [1.54, 1.807) is 0 Å². The van der Waals surface area contributed by atoms with Gasteiger partial charge in [0.25, 0.3) is 0 Å². The van der Waals surface area contributed by atoms with Gasteiger partial charge in [-0.05, 0) is 0 Å². The van der Waals surface area contributed by atoms with Crippen LogP contribution in [-0.4, -0.2) is 0 Å². The summed E-state index contributed by atoms with van der Waals surface area (Å²) in [6.07, 6.45) is 0. The Morgan fingerprint density at radius 2 is 0.577 bits per heavy atom. The molecular weight excluding hydrogens is 880 g/mol. The normalized spacial score (nSPS) is 14.5. The van der Waals surface area contributed by atoms with Crippen LogP contribution in [0, 0.1) is 0 Å². The van der Waals surface area contributed by atoms with Crippen molar-refractivity contribution in [2.45, 2.75) is 209 Å². The molecule has 71 heavy (non-hydrogen) atoms. The molecule has 6 aromatic carbocycles. The summed E-state index contributed by atoms with van der Waals surface area (Å²) >= 11 is 0. The molecule has 3 heteroatoms. The van der Waals surface area contributed by atoms with Crippen molar-refractivity contribution in [3.05, 3.63) is 160 Å². The Kier molecular flexibility index (Phi) is 13.1. The molecule has 0 saturated carbocycles. The van der Waals surface area contributed by atoms with E-state index < -0.39 is 7.06 Å². The van der Waals surface area contributed by atoms with Gasteiger partial charge in [0.1, 0.15) is 0 Å². The van der Waals surface area contributed by atoms with E-state index in [-0.39, 0.29) is 43.3 Å². The van der Waals surface area contributed by atoms with Gasteiger partial charge < -0.3 is 0 Å². The van der Waals surface area contributed by atoms with E-state index in [4.69, 9.17) is 9.05 Å². The molecule has 1 aliphatic carbocycles. The molecule has 0 saturated heterocycles. The molecule has 0 fully saturated rings. The Balaban J connectivity index is 1.93. The third-order valence-corrected chi connectivity index (χ3v) is 19.9. The standard InChI is InChI=1S/C68H91O2P/c1-61(2,3)44-32-36-55(51(40-44)65(13,14)15)69-71(57-38-34-46(63(7,8)9)42-53(57)67(19,20)21,58-39-35-47(64(10,11)12)43-54(58)68(22,23)24,59-31-27-30-50-48-28-25-26-29-49(48)60(50)59)70-56-37-33-45(62(4,5)6)41-52(56)66(16,17)18/h25-43H,1-24H3. The first kappa shape index (κ1) is 54.1. The predicted molar refractivity (Wildman–Crippen MR) is 313 cm³/mol. The number of hydrogen-bond acceptors (Lipinski definition) is 2. The maximum atomic E-state index is 9.06. The molecule has 6 aromatic rings. The van der Waals surface area contributed by atoms with Gasteiger partial charge in [-0.3, -0.25) is 0 Å². The van der Waals surface area contributed by atoms with Gasteiger partial charge in [0.2, 0.25) is 0 Å². The summed E-state index contributed by atoms with van der Waals surface area (Å²) < 4.78 is 18.1. The summed E-state index contributed by atoms with van der Waals surface area (Å²) in [7, 11) is -5.05. The van der Waals surface area contributed by atoms with Crippen molar-refractivity contribution in [3.63, 3.8) is 0 Å². The van der Waals surface area contributed by atoms with Crippen molar-refractivity contribution in [3.8, 4) is 33.8 Å². The van der Waals surface area contributed by atoms with Crippen molar-refractivity contribution < 1.29 is 9.05 Å². The predicted octanol–water partition coefficient (Wildman–Crippen LogP) is 18.5. The maximum absolute atomic E-state index is 9.06. The first-order valence-corrected chi connectivity index (χ1v) is 28.5. The second-order valence-electron chi connectivity index (χ2n) is 29.3. The molecule has 380 valence electrons. The Morgan fingerprint density at radius 1 is 0.268 bits per heavy atom. The molecule has 0 aromatic heterocycles. The van der Waals surface area contributed by atoms with Crippen molar-refractivity contribution in [2.75, 3.05) is 0 Å². The Hall–Kier alpha value is -4.65. The molecule has 0 N–H and O–H groups in total. The van der Waals surface area contributed by atoms with E-state index >= 15 is 0 Å². The molecule has 2 nitrogen and oxygen atoms in total. The van der Waals surface area contributed by atoms with Gasteiger partial charge in [0.15, 0.2) is 0 Å². The van der Waals surface area contributed by atoms with Crippen LogP contribution in [0.5, 0.6) is 11.5 Å². The van der Waals surface area contributed by atoms with E-state index in [2.05, 4.69) is 281 Å². The fourth-order valence-corrected chi connectivity index (χ4v) is 16.4. The fraction of sp³-hybridized carbons (Fsp3) is 0.471. The van der Waals surface area contributed by atoms with E-state index in [1.165, 1.54) is 55.6 Å². The molecule has 0 atom stereocenters. The van der Waals surface area contributed by atoms with Crippen molar-refractivity contribution in [2.24, 2.45) is 0 Å². The number of fused-ring (bicyclic) bond motifs is 4. The molecule has 1 aliphatic rings. The summed E-state index contributed by atoms with van der Waals surface area (Å²) in [5.74, 6) is 1.69. The SMILES string of the molecule is CC(C)(C)c1ccc(OP(Oc2ccc(C(C)(C)C)cc2C(C)(C)C)(c2ccc(C(C)(C)C)cc2C(C)(C)C)(c2ccc(C(C)(C)C)cc2C(C)(C)C)c2cccc3c2-c2ccccc2-3)c(C(C)(C)C)c1. The minimum atomic E-state index is -5.05. The second kappa shape index (κ2) is 17.2. The summed E-state index contributed by atoms with van der Waals surface area (Å²) in [5.41, 5.74) is 13.0. The van der Waals surface area contributed by atoms with Gasteiger partial charge in [-0.1, -0.05) is 0 Å². The average Bonchev–Trinajstić information content (AvgIpc) is 3.22. The third kappa shape index (κ3) is 9.71. The Morgan fingerprint density at radius 3 is 0.915 bits per heavy atom. The molecular formula is C68H91O2P. The zero-order valence-electron chi connectivity index (χ0n) is 48.7. The van der Waals surface area contributed by atoms with Crippen LogP contribution in [0.1, 0.15) is 211 Å². The van der Waals surface area contributed by atoms with Crippen LogP contribution in [0.4, 0.5) is 0 Å². The molecule has 0 radical (unpaired) electrons. The Bertz CT molecular complexity index is 2840. The second-order valence-corrected chi connectivity index (χ2v) is 33.0. The van der Waals surface area contributed by atoms with E-state index in [0.717, 1.165) is 38.5 Å². The topological polar surface area (TPSA) is 18.5 Å². The molecule has 7 rings (SSSR count). The van der Waals surface area contributed by atoms with E-state index in [9.17, 15) is 0 Å². The van der Waals surface area contributed by atoms with Gasteiger partial charge in [0, 0.05) is 0 Å².